The van der Waals surface area contributed by atoms with Crippen molar-refractivity contribution in [3.05, 3.63) is 12.7 Å². The highest BCUT2D eigenvalue weighted by atomic mass is 31.3. The molecular formula is C17H25N5O16P2. The Bertz CT molecular complexity index is 1310. The molecule has 9 N–H and O–H groups in total. The fourth-order valence-corrected chi connectivity index (χ4v) is 5.93. The van der Waals surface area contributed by atoms with Crippen LogP contribution in [0.3, 0.4) is 0 Å². The molecule has 0 radical (unpaired) electrons. The first-order valence-electron chi connectivity index (χ1n) is 11.2. The smallest absolute Gasteiger partial charge is 0.452 e. The first kappa shape index (κ1) is 30.8. The van der Waals surface area contributed by atoms with Gasteiger partial charge >= 0.3 is 21.6 Å². The number of nitrogen functional groups attached to an aromatic ring is 1. The van der Waals surface area contributed by atoms with E-state index < -0.39 is 90.6 Å². The second-order valence-corrected chi connectivity index (χ2v) is 11.5. The monoisotopic (exact) mass is 617 g/mol. The van der Waals surface area contributed by atoms with Crippen LogP contribution in [0.5, 0.6) is 0 Å². The predicted octanol–water partition coefficient (Wildman–Crippen LogP) is -3.74. The van der Waals surface area contributed by atoms with Gasteiger partial charge in [-0.3, -0.25) is 13.6 Å². The predicted molar refractivity (Wildman–Crippen MR) is 122 cm³/mol. The molecule has 21 nitrogen and oxygen atoms in total. The molecule has 4 heterocycles. The molecule has 2 aliphatic rings. The Hall–Kier alpha value is -2.20. The van der Waals surface area contributed by atoms with Crippen molar-refractivity contribution in [3.63, 3.8) is 0 Å². The van der Waals surface area contributed by atoms with Crippen LogP contribution in [-0.2, 0) is 41.5 Å². The summed E-state index contributed by atoms with van der Waals surface area (Å²) in [6.07, 6.45) is -10.5. The van der Waals surface area contributed by atoms with Crippen LogP contribution in [0.4, 0.5) is 5.82 Å². The van der Waals surface area contributed by atoms with Crippen LogP contribution in [0.2, 0.25) is 0 Å². The molecule has 224 valence electrons. The molecule has 23 heteroatoms. The highest BCUT2D eigenvalue weighted by molar-refractivity contribution is 7.61. The van der Waals surface area contributed by atoms with Gasteiger partial charge in [0.05, 0.1) is 19.5 Å². The van der Waals surface area contributed by atoms with E-state index in [0.29, 0.717) is 0 Å². The summed E-state index contributed by atoms with van der Waals surface area (Å²) in [5.74, 6) is -1.16. The molecule has 0 bridgehead atoms. The summed E-state index contributed by atoms with van der Waals surface area (Å²) in [6, 6.07) is 0. The van der Waals surface area contributed by atoms with Crippen molar-refractivity contribution in [2.45, 2.75) is 49.1 Å². The molecule has 0 aromatic carbocycles. The van der Waals surface area contributed by atoms with Gasteiger partial charge in [0.25, 0.3) is 0 Å². The van der Waals surface area contributed by atoms with Crippen LogP contribution in [0.1, 0.15) is 6.23 Å². The zero-order valence-electron chi connectivity index (χ0n) is 20.0. The first-order valence-corrected chi connectivity index (χ1v) is 14.1. The van der Waals surface area contributed by atoms with Gasteiger partial charge in [0.2, 0.25) is 0 Å². The number of ether oxygens (including phenoxy) is 3. The largest absolute Gasteiger partial charge is 0.481 e. The molecule has 10 atom stereocenters. The number of hydrogen-bond acceptors (Lipinski definition) is 18. The minimum absolute atomic E-state index is 0.0424. The molecule has 3 unspecified atom stereocenters. The fourth-order valence-electron chi connectivity index (χ4n) is 3.84. The minimum Gasteiger partial charge on any atom is -0.452 e. The second kappa shape index (κ2) is 12.0. The molecule has 2 aromatic rings. The van der Waals surface area contributed by atoms with Crippen LogP contribution in [0, 0.1) is 0 Å². The molecule has 0 amide bonds. The Morgan fingerprint density at radius 3 is 2.23 bits per heavy atom. The third-order valence-corrected chi connectivity index (χ3v) is 8.32. The number of phosphoric acid groups is 2. The van der Waals surface area contributed by atoms with Crippen LogP contribution in [0.15, 0.2) is 12.7 Å². The van der Waals surface area contributed by atoms with Gasteiger partial charge in [-0.05, 0) is 0 Å². The van der Waals surface area contributed by atoms with Crippen molar-refractivity contribution >= 4 is 38.6 Å². The maximum absolute atomic E-state index is 12.3. The molecule has 0 spiro atoms. The topological polar surface area (TPSA) is 318 Å². The molecule has 40 heavy (non-hydrogen) atoms. The van der Waals surface area contributed by atoms with Crippen LogP contribution < -0.4 is 5.73 Å². The Morgan fingerprint density at radius 2 is 1.60 bits per heavy atom. The standard InChI is InChI=1S/C17H25N5O16P2/c18-14-9-15(20-4-19-14)22(5-21-9)16-12(27)10(25)6(35-16)2-33-39(29,30)38-40(31,32)34-3-7-11(26)13(17(28)36-7)37-8(24)1-23/h4-7,10-13,16-17,23,25-28H,1-3H2,(H,29,30)(H,31,32)(H2,18,19,20)/t6-,7-,10-,11-,12-,13-,16-,17?/m1/s1. The van der Waals surface area contributed by atoms with Crippen molar-refractivity contribution in [1.82, 2.24) is 19.5 Å². The van der Waals surface area contributed by atoms with E-state index in [1.807, 2.05) is 0 Å². The summed E-state index contributed by atoms with van der Waals surface area (Å²) < 4.78 is 53.9. The van der Waals surface area contributed by atoms with E-state index in [0.717, 1.165) is 6.33 Å². The minimum atomic E-state index is -5.39. The molecule has 2 aliphatic heterocycles. The van der Waals surface area contributed by atoms with Gasteiger partial charge in [-0.1, -0.05) is 0 Å². The highest BCUT2D eigenvalue weighted by Crippen LogP contribution is 2.60. The van der Waals surface area contributed by atoms with Crippen molar-refractivity contribution in [2.24, 2.45) is 0 Å². The van der Waals surface area contributed by atoms with E-state index in [-0.39, 0.29) is 17.0 Å². The summed E-state index contributed by atoms with van der Waals surface area (Å²) in [5, 5.41) is 49.2. The summed E-state index contributed by atoms with van der Waals surface area (Å²) >= 11 is 0. The highest BCUT2D eigenvalue weighted by Gasteiger charge is 2.48. The van der Waals surface area contributed by atoms with Crippen molar-refractivity contribution in [1.29, 1.82) is 0 Å². The number of aromatic nitrogens is 4. The number of rotatable bonds is 11. The summed E-state index contributed by atoms with van der Waals surface area (Å²) in [7, 11) is -10.8. The number of aliphatic hydroxyl groups excluding tert-OH is 5. The van der Waals surface area contributed by atoms with Gasteiger partial charge in [-0.2, -0.15) is 4.31 Å². The lowest BCUT2D eigenvalue weighted by atomic mass is 10.1. The van der Waals surface area contributed by atoms with Gasteiger partial charge < -0.3 is 55.3 Å². The van der Waals surface area contributed by atoms with Crippen molar-refractivity contribution < 1.29 is 76.8 Å². The van der Waals surface area contributed by atoms with Crippen LogP contribution in [0.25, 0.3) is 11.2 Å². The lowest BCUT2D eigenvalue weighted by Gasteiger charge is -2.21. The number of imidazole rings is 1. The van der Waals surface area contributed by atoms with E-state index in [1.54, 1.807) is 0 Å². The Balaban J connectivity index is 1.31. The number of fused-ring (bicyclic) bond motifs is 1. The molecule has 2 fully saturated rings. The third kappa shape index (κ3) is 6.64. The van der Waals surface area contributed by atoms with E-state index in [1.165, 1.54) is 10.9 Å². The van der Waals surface area contributed by atoms with E-state index in [9.17, 15) is 44.1 Å². The number of nitrogens with two attached hydrogens (primary N) is 1. The van der Waals surface area contributed by atoms with Gasteiger partial charge in [0.15, 0.2) is 30.1 Å². The average molecular weight is 617 g/mol. The molecule has 2 aromatic heterocycles. The summed E-state index contributed by atoms with van der Waals surface area (Å²) in [4.78, 5) is 42.6. The average Bonchev–Trinajstić information content (AvgIpc) is 3.52. The second-order valence-electron chi connectivity index (χ2n) is 8.41. The Morgan fingerprint density at radius 1 is 0.975 bits per heavy atom. The number of esters is 1. The van der Waals surface area contributed by atoms with Crippen LogP contribution >= 0.6 is 15.6 Å². The maximum Gasteiger partial charge on any atom is 0.481 e. The SMILES string of the molecule is Nc1ncnc2c1ncn2[C@@H]1O[C@H](COP(=O)(O)OP(=O)(O)OC[C@H]2OC(O)[C@H](OC(=O)CO)[C@@H]2O)[C@@H](O)[C@H]1O. The third-order valence-electron chi connectivity index (χ3n) is 5.72. The molecule has 2 saturated heterocycles. The summed E-state index contributed by atoms with van der Waals surface area (Å²) in [6.45, 7) is -2.97. The van der Waals surface area contributed by atoms with Crippen molar-refractivity contribution in [3.8, 4) is 0 Å². The van der Waals surface area contributed by atoms with Gasteiger partial charge in [0.1, 0.15) is 49.0 Å². The number of anilines is 1. The molecule has 4 rings (SSSR count). The molecule has 0 saturated carbocycles. The zero-order valence-corrected chi connectivity index (χ0v) is 21.7. The molecular weight excluding hydrogens is 592 g/mol. The van der Waals surface area contributed by atoms with Crippen molar-refractivity contribution in [2.75, 3.05) is 25.6 Å². The summed E-state index contributed by atoms with van der Waals surface area (Å²) in [5.41, 5.74) is 6.06. The van der Waals surface area contributed by atoms with Gasteiger partial charge in [-0.15, -0.1) is 0 Å². The normalized spacial score (nSPS) is 33.6. The quantitative estimate of drug-likeness (QED) is 0.0887. The fraction of sp³-hybridized carbons (Fsp3) is 0.647. The number of carbonyl (C=O) groups excluding carboxylic acids is 1. The van der Waals surface area contributed by atoms with E-state index >= 15 is 0 Å². The van der Waals surface area contributed by atoms with E-state index in [4.69, 9.17) is 20.3 Å². The molecule has 0 aliphatic carbocycles. The lowest BCUT2D eigenvalue weighted by Crippen LogP contribution is -2.38. The lowest BCUT2D eigenvalue weighted by molar-refractivity contribution is -0.175. The van der Waals surface area contributed by atoms with E-state index in [2.05, 4.69) is 33.0 Å². The Labute approximate surface area is 222 Å². The first-order chi connectivity index (χ1) is 18.7. The Kier molecular flexibility index (Phi) is 9.19. The zero-order chi connectivity index (χ0) is 29.4. The number of aliphatic hydroxyl groups is 5. The van der Waals surface area contributed by atoms with Gasteiger partial charge in [-0.25, -0.2) is 28.9 Å². The number of carbonyl (C=O) groups is 1. The number of nitrogens with zero attached hydrogens (tertiary/aromatic N) is 4. The van der Waals surface area contributed by atoms with Gasteiger partial charge in [0, 0.05) is 0 Å². The number of hydrogen-bond donors (Lipinski definition) is 8. The van der Waals surface area contributed by atoms with Crippen LogP contribution in [-0.4, -0.2) is 124 Å². The number of phosphoric ester groups is 2. The maximum atomic E-state index is 12.3.